The van der Waals surface area contributed by atoms with Crippen molar-refractivity contribution in [2.24, 2.45) is 11.5 Å². The first-order chi connectivity index (χ1) is 8.11. The van der Waals surface area contributed by atoms with E-state index in [0.717, 1.165) is 0 Å². The first-order valence-electron chi connectivity index (χ1n) is 5.26. The molecule has 0 amide bonds. The Kier molecular flexibility index (Phi) is 9.98. The molecule has 2 unspecified atom stereocenters. The van der Waals surface area contributed by atoms with Crippen molar-refractivity contribution in [2.45, 2.75) is 24.9 Å². The molecular weight excluding hydrogens is 343 g/mol. The molecule has 0 aromatic heterocycles. The Balaban J connectivity index is -0.00000108. The molecule has 122 valence electrons. The predicted molar refractivity (Wildman–Crippen MR) is 86.5 cm³/mol. The number of hydrogen-bond donors (Lipinski definition) is 4. The lowest BCUT2D eigenvalue weighted by Crippen LogP contribution is -2.48. The molecule has 0 aliphatic heterocycles. The fourth-order valence-electron chi connectivity index (χ4n) is 1.62. The normalized spacial score (nSPS) is 15.0. The highest BCUT2D eigenvalue weighted by Gasteiger charge is 2.39. The minimum absolute atomic E-state index is 0. The number of hydrogen-bond acceptors (Lipinski definition) is 4. The van der Waals surface area contributed by atoms with Crippen LogP contribution in [0.1, 0.15) is 25.0 Å². The van der Waals surface area contributed by atoms with E-state index in [1.54, 1.807) is 12.1 Å². The zero-order valence-electron chi connectivity index (χ0n) is 11.4. The van der Waals surface area contributed by atoms with Gasteiger partial charge in [-0.2, -0.15) is 0 Å². The third kappa shape index (κ3) is 4.72. The van der Waals surface area contributed by atoms with Crippen molar-refractivity contribution in [1.82, 2.24) is 0 Å². The topological polar surface area (TPSA) is 127 Å². The van der Waals surface area contributed by atoms with Crippen LogP contribution < -0.4 is 11.5 Å². The summed E-state index contributed by atoms with van der Waals surface area (Å²) in [7, 11) is 0. The number of nitrogens with two attached hydrogens (primary N) is 2. The summed E-state index contributed by atoms with van der Waals surface area (Å²) in [5, 5.41) is 18.2. The molecule has 0 fully saturated rings. The summed E-state index contributed by atoms with van der Waals surface area (Å²) in [5.41, 5.74) is 8.43. The Morgan fingerprint density at radius 3 is 1.29 bits per heavy atom. The Morgan fingerprint density at radius 1 is 0.857 bits per heavy atom. The van der Waals surface area contributed by atoms with Gasteiger partial charge in [0.2, 0.25) is 0 Å². The quantitative estimate of drug-likeness (QED) is 0.643. The fourth-order valence-corrected chi connectivity index (χ4v) is 1.62. The third-order valence-electron chi connectivity index (χ3n) is 2.93. The first kappa shape index (κ1) is 24.9. The zero-order valence-corrected chi connectivity index (χ0v) is 13.8. The second kappa shape index (κ2) is 8.41. The van der Waals surface area contributed by atoms with E-state index in [0.29, 0.717) is 0 Å². The number of benzene rings is 1. The average molecular weight is 362 g/mol. The van der Waals surface area contributed by atoms with Gasteiger partial charge in [-0.25, -0.2) is 9.59 Å². The van der Waals surface area contributed by atoms with Gasteiger partial charge in [-0.05, 0) is 25.0 Å². The van der Waals surface area contributed by atoms with E-state index in [1.165, 1.54) is 26.0 Å². The van der Waals surface area contributed by atoms with Crippen molar-refractivity contribution in [1.29, 1.82) is 0 Å². The monoisotopic (exact) mass is 360 g/mol. The van der Waals surface area contributed by atoms with Crippen LogP contribution in [-0.4, -0.2) is 22.2 Å². The van der Waals surface area contributed by atoms with E-state index in [1.807, 2.05) is 0 Å². The molecular formula is C12H19Cl3N2O4. The van der Waals surface area contributed by atoms with E-state index >= 15 is 0 Å². The van der Waals surface area contributed by atoms with Crippen LogP contribution >= 0.6 is 37.2 Å². The molecule has 21 heavy (non-hydrogen) atoms. The minimum atomic E-state index is -1.70. The Hall–Kier alpha value is -1.05. The van der Waals surface area contributed by atoms with Crippen LogP contribution in [-0.2, 0) is 20.7 Å². The smallest absolute Gasteiger partial charge is 0.328 e. The van der Waals surface area contributed by atoms with Gasteiger partial charge in [0.05, 0.1) is 0 Å². The van der Waals surface area contributed by atoms with Crippen molar-refractivity contribution < 1.29 is 19.8 Å². The Morgan fingerprint density at radius 2 is 1.10 bits per heavy atom. The van der Waals surface area contributed by atoms with Crippen LogP contribution in [0.2, 0.25) is 0 Å². The lowest BCUT2D eigenvalue weighted by Gasteiger charge is -2.29. The zero-order chi connectivity index (χ0) is 14.1. The molecule has 0 aliphatic carbocycles. The van der Waals surface area contributed by atoms with Gasteiger partial charge in [0.15, 0.2) is 0 Å². The molecule has 1 aromatic carbocycles. The highest BCUT2D eigenvalue weighted by molar-refractivity contribution is 5.86. The van der Waals surface area contributed by atoms with Gasteiger partial charge in [-0.1, -0.05) is 24.3 Å². The highest BCUT2D eigenvalue weighted by atomic mass is 35.5. The third-order valence-corrected chi connectivity index (χ3v) is 2.93. The summed E-state index contributed by atoms with van der Waals surface area (Å²) in [6.45, 7) is 2.60. The molecule has 1 aromatic rings. The SMILES string of the molecule is CC(N)(C(=O)O)c1ccccc1C(C)(N)C(=O)O.Cl.Cl.Cl. The van der Waals surface area contributed by atoms with Crippen molar-refractivity contribution in [3.05, 3.63) is 35.4 Å². The van der Waals surface area contributed by atoms with Crippen LogP contribution in [0.4, 0.5) is 0 Å². The highest BCUT2D eigenvalue weighted by Crippen LogP contribution is 2.29. The first-order valence-corrected chi connectivity index (χ1v) is 5.26. The number of carboxylic acids is 2. The maximum Gasteiger partial charge on any atom is 0.328 e. The molecule has 0 heterocycles. The molecule has 6 nitrogen and oxygen atoms in total. The van der Waals surface area contributed by atoms with Gasteiger partial charge in [0.25, 0.3) is 0 Å². The Labute approximate surface area is 141 Å². The maximum atomic E-state index is 11.2. The minimum Gasteiger partial charge on any atom is -0.480 e. The van der Waals surface area contributed by atoms with E-state index in [2.05, 4.69) is 0 Å². The number of aliphatic carboxylic acids is 2. The summed E-state index contributed by atoms with van der Waals surface area (Å²) < 4.78 is 0. The molecule has 0 radical (unpaired) electrons. The van der Waals surface area contributed by atoms with E-state index in [9.17, 15) is 9.59 Å². The van der Waals surface area contributed by atoms with Crippen molar-refractivity contribution in [3.8, 4) is 0 Å². The van der Waals surface area contributed by atoms with Crippen LogP contribution in [0.15, 0.2) is 24.3 Å². The lowest BCUT2D eigenvalue weighted by molar-refractivity contribution is -0.145. The second-order valence-electron chi connectivity index (χ2n) is 4.56. The van der Waals surface area contributed by atoms with E-state index < -0.39 is 23.0 Å². The van der Waals surface area contributed by atoms with Gasteiger partial charge in [-0.15, -0.1) is 37.2 Å². The van der Waals surface area contributed by atoms with Crippen LogP contribution in [0.5, 0.6) is 0 Å². The van der Waals surface area contributed by atoms with E-state index in [4.69, 9.17) is 21.7 Å². The molecule has 6 N–H and O–H groups in total. The molecule has 0 spiro atoms. The summed E-state index contributed by atoms with van der Waals surface area (Å²) in [6.07, 6.45) is 0. The van der Waals surface area contributed by atoms with E-state index in [-0.39, 0.29) is 48.3 Å². The molecule has 1 rings (SSSR count). The average Bonchev–Trinajstić information content (AvgIpc) is 2.28. The standard InChI is InChI=1S/C12H16N2O4.3ClH/c1-11(13,9(15)16)7-5-3-4-6-8(7)12(2,14)10(17)18;;;/h3-6H,13-14H2,1-2H3,(H,15,16)(H,17,18);3*1H. The van der Waals surface area contributed by atoms with Gasteiger partial charge in [0, 0.05) is 0 Å². The number of carboxylic acid groups (broad SMARTS) is 2. The van der Waals surface area contributed by atoms with Gasteiger partial charge >= 0.3 is 11.9 Å². The Bertz CT molecular complexity index is 462. The summed E-state index contributed by atoms with van der Waals surface area (Å²) in [6, 6.07) is 6.12. The van der Waals surface area contributed by atoms with Crippen LogP contribution in [0.25, 0.3) is 0 Å². The maximum absolute atomic E-state index is 11.2. The number of halogens is 3. The predicted octanol–water partition coefficient (Wildman–Crippen LogP) is 1.47. The van der Waals surface area contributed by atoms with Crippen molar-refractivity contribution >= 4 is 49.2 Å². The largest absolute Gasteiger partial charge is 0.480 e. The molecule has 9 heteroatoms. The summed E-state index contributed by atoms with van der Waals surface area (Å²) in [4.78, 5) is 22.3. The van der Waals surface area contributed by atoms with Gasteiger partial charge in [0.1, 0.15) is 11.1 Å². The summed E-state index contributed by atoms with van der Waals surface area (Å²) >= 11 is 0. The molecule has 0 saturated heterocycles. The van der Waals surface area contributed by atoms with Crippen molar-refractivity contribution in [3.63, 3.8) is 0 Å². The second-order valence-corrected chi connectivity index (χ2v) is 4.56. The van der Waals surface area contributed by atoms with Crippen molar-refractivity contribution in [2.75, 3.05) is 0 Å². The van der Waals surface area contributed by atoms with Gasteiger partial charge < -0.3 is 21.7 Å². The fraction of sp³-hybridized carbons (Fsp3) is 0.333. The number of carbonyl (C=O) groups is 2. The molecule has 0 aliphatic rings. The van der Waals surface area contributed by atoms with Crippen LogP contribution in [0, 0.1) is 0 Å². The van der Waals surface area contributed by atoms with Gasteiger partial charge in [-0.3, -0.25) is 0 Å². The molecule has 2 atom stereocenters. The molecule has 0 saturated carbocycles. The molecule has 0 bridgehead atoms. The van der Waals surface area contributed by atoms with Crippen LogP contribution in [0.3, 0.4) is 0 Å². The number of rotatable bonds is 4. The summed E-state index contributed by atoms with van der Waals surface area (Å²) in [5.74, 6) is -2.51. The lowest BCUT2D eigenvalue weighted by atomic mass is 9.81.